The summed E-state index contributed by atoms with van der Waals surface area (Å²) in [6, 6.07) is 2.62. The Kier molecular flexibility index (Phi) is 6.76. The van der Waals surface area contributed by atoms with Crippen molar-refractivity contribution in [3.8, 4) is 0 Å². The maximum atomic E-state index is 4.66. The average Bonchev–Trinajstić information content (AvgIpc) is 2.38. The molecule has 0 spiro atoms. The van der Waals surface area contributed by atoms with Crippen LogP contribution in [0.4, 0.5) is 11.6 Å². The van der Waals surface area contributed by atoms with Gasteiger partial charge in [-0.05, 0) is 32.6 Å². The predicted molar refractivity (Wildman–Crippen MR) is 87.5 cm³/mol. The zero-order chi connectivity index (χ0) is 15.1. The number of nitrogens with zero attached hydrogens (tertiary/aromatic N) is 3. The van der Waals surface area contributed by atoms with Crippen LogP contribution in [0, 0.1) is 12.8 Å². The van der Waals surface area contributed by atoms with Gasteiger partial charge in [0.2, 0.25) is 0 Å². The highest BCUT2D eigenvalue weighted by Gasteiger charge is 2.19. The van der Waals surface area contributed by atoms with Gasteiger partial charge in [-0.3, -0.25) is 0 Å². The van der Waals surface area contributed by atoms with Crippen molar-refractivity contribution in [1.29, 1.82) is 0 Å². The SMILES string of the molecule is CCNc1cc(N(CC(C)C)C(CC)CC)nc(C)n1. The fourth-order valence-electron chi connectivity index (χ4n) is 2.52. The van der Waals surface area contributed by atoms with Gasteiger partial charge in [-0.25, -0.2) is 9.97 Å². The largest absolute Gasteiger partial charge is 0.370 e. The highest BCUT2D eigenvalue weighted by Crippen LogP contribution is 2.22. The van der Waals surface area contributed by atoms with Crippen LogP contribution in [-0.4, -0.2) is 29.1 Å². The smallest absolute Gasteiger partial charge is 0.134 e. The van der Waals surface area contributed by atoms with Crippen LogP contribution in [0.15, 0.2) is 6.07 Å². The first-order chi connectivity index (χ1) is 9.51. The summed E-state index contributed by atoms with van der Waals surface area (Å²) in [6.45, 7) is 15.0. The lowest BCUT2D eigenvalue weighted by Crippen LogP contribution is -2.38. The van der Waals surface area contributed by atoms with Crippen LogP contribution < -0.4 is 10.2 Å². The summed E-state index contributed by atoms with van der Waals surface area (Å²) in [5.74, 6) is 3.43. The first-order valence-corrected chi connectivity index (χ1v) is 7.87. The molecule has 0 amide bonds. The van der Waals surface area contributed by atoms with E-state index in [2.05, 4.69) is 60.9 Å². The molecule has 20 heavy (non-hydrogen) atoms. The van der Waals surface area contributed by atoms with E-state index in [-0.39, 0.29) is 0 Å². The molecule has 0 aliphatic heterocycles. The fraction of sp³-hybridized carbons (Fsp3) is 0.750. The quantitative estimate of drug-likeness (QED) is 0.784. The zero-order valence-corrected chi connectivity index (χ0v) is 13.9. The summed E-state index contributed by atoms with van der Waals surface area (Å²) in [7, 11) is 0. The van der Waals surface area contributed by atoms with Gasteiger partial charge in [-0.2, -0.15) is 0 Å². The lowest BCUT2D eigenvalue weighted by atomic mass is 10.1. The maximum Gasteiger partial charge on any atom is 0.134 e. The minimum atomic E-state index is 0.543. The Bertz CT molecular complexity index is 399. The monoisotopic (exact) mass is 278 g/mol. The molecule has 1 aromatic rings. The van der Waals surface area contributed by atoms with Gasteiger partial charge >= 0.3 is 0 Å². The van der Waals surface area contributed by atoms with Crippen LogP contribution in [0.25, 0.3) is 0 Å². The van der Waals surface area contributed by atoms with Crippen molar-refractivity contribution in [1.82, 2.24) is 9.97 Å². The third kappa shape index (κ3) is 4.66. The van der Waals surface area contributed by atoms with E-state index in [9.17, 15) is 0 Å². The van der Waals surface area contributed by atoms with Crippen molar-refractivity contribution < 1.29 is 0 Å². The van der Waals surface area contributed by atoms with Crippen LogP contribution in [-0.2, 0) is 0 Å². The lowest BCUT2D eigenvalue weighted by Gasteiger charge is -2.33. The summed E-state index contributed by atoms with van der Waals surface area (Å²) in [4.78, 5) is 11.6. The third-order valence-electron chi connectivity index (χ3n) is 3.42. The standard InChI is InChI=1S/C16H30N4/c1-7-14(8-2)20(11-12(4)5)16-10-15(17-9-3)18-13(6)19-16/h10,12,14H,7-9,11H2,1-6H3,(H,17,18,19). The van der Waals surface area contributed by atoms with Crippen molar-refractivity contribution in [3.63, 3.8) is 0 Å². The number of rotatable bonds is 8. The molecule has 1 heterocycles. The molecule has 0 aliphatic rings. The molecule has 0 fully saturated rings. The summed E-state index contributed by atoms with van der Waals surface area (Å²) in [5, 5.41) is 3.29. The molecule has 1 aromatic heterocycles. The minimum Gasteiger partial charge on any atom is -0.370 e. The fourth-order valence-corrected chi connectivity index (χ4v) is 2.52. The van der Waals surface area contributed by atoms with E-state index >= 15 is 0 Å². The van der Waals surface area contributed by atoms with Gasteiger partial charge in [0.05, 0.1) is 0 Å². The summed E-state index contributed by atoms with van der Waals surface area (Å²) < 4.78 is 0. The number of nitrogens with one attached hydrogen (secondary N) is 1. The topological polar surface area (TPSA) is 41.0 Å². The molecule has 4 heteroatoms. The van der Waals surface area contributed by atoms with Crippen molar-refractivity contribution >= 4 is 11.6 Å². The molecule has 0 aliphatic carbocycles. The van der Waals surface area contributed by atoms with E-state index in [1.807, 2.05) is 6.92 Å². The van der Waals surface area contributed by atoms with Crippen molar-refractivity contribution in [2.75, 3.05) is 23.3 Å². The van der Waals surface area contributed by atoms with Gasteiger partial charge < -0.3 is 10.2 Å². The Balaban J connectivity index is 3.11. The molecule has 1 rings (SSSR count). The first kappa shape index (κ1) is 16.7. The second kappa shape index (κ2) is 8.08. The Morgan fingerprint density at radius 1 is 1.15 bits per heavy atom. The van der Waals surface area contributed by atoms with Gasteiger partial charge in [0, 0.05) is 25.2 Å². The maximum absolute atomic E-state index is 4.66. The van der Waals surface area contributed by atoms with Crippen molar-refractivity contribution in [3.05, 3.63) is 11.9 Å². The van der Waals surface area contributed by atoms with E-state index in [4.69, 9.17) is 0 Å². The molecule has 0 aromatic carbocycles. The molecule has 0 bridgehead atoms. The van der Waals surface area contributed by atoms with E-state index in [0.29, 0.717) is 12.0 Å². The lowest BCUT2D eigenvalue weighted by molar-refractivity contribution is 0.502. The Morgan fingerprint density at radius 3 is 2.30 bits per heavy atom. The molecule has 114 valence electrons. The van der Waals surface area contributed by atoms with E-state index in [1.165, 1.54) is 0 Å². The van der Waals surface area contributed by atoms with Crippen molar-refractivity contribution in [2.45, 2.75) is 60.4 Å². The van der Waals surface area contributed by atoms with Crippen LogP contribution in [0.5, 0.6) is 0 Å². The van der Waals surface area contributed by atoms with Crippen LogP contribution >= 0.6 is 0 Å². The van der Waals surface area contributed by atoms with Crippen molar-refractivity contribution in [2.24, 2.45) is 5.92 Å². The number of anilines is 2. The van der Waals surface area contributed by atoms with Gasteiger partial charge in [-0.15, -0.1) is 0 Å². The predicted octanol–water partition coefficient (Wildman–Crippen LogP) is 3.87. The van der Waals surface area contributed by atoms with E-state index < -0.39 is 0 Å². The molecule has 0 radical (unpaired) electrons. The molecule has 4 nitrogen and oxygen atoms in total. The summed E-state index contributed by atoms with van der Waals surface area (Å²) >= 11 is 0. The van der Waals surface area contributed by atoms with Gasteiger partial charge in [0.1, 0.15) is 17.5 Å². The molecule has 0 unspecified atom stereocenters. The van der Waals surface area contributed by atoms with E-state index in [1.54, 1.807) is 0 Å². The third-order valence-corrected chi connectivity index (χ3v) is 3.42. The molecule has 0 saturated heterocycles. The van der Waals surface area contributed by atoms with Gasteiger partial charge in [0.25, 0.3) is 0 Å². The van der Waals surface area contributed by atoms with Crippen LogP contribution in [0.2, 0.25) is 0 Å². The summed E-state index contributed by atoms with van der Waals surface area (Å²) in [6.07, 6.45) is 2.28. The van der Waals surface area contributed by atoms with E-state index in [0.717, 1.165) is 43.4 Å². The second-order valence-electron chi connectivity index (χ2n) is 5.71. The normalized spacial score (nSPS) is 11.2. The Morgan fingerprint density at radius 2 is 1.80 bits per heavy atom. The highest BCUT2D eigenvalue weighted by molar-refractivity contribution is 5.50. The minimum absolute atomic E-state index is 0.543. The Hall–Kier alpha value is -1.32. The average molecular weight is 278 g/mol. The Labute approximate surface area is 124 Å². The van der Waals surface area contributed by atoms with Crippen LogP contribution in [0.3, 0.4) is 0 Å². The van der Waals surface area contributed by atoms with Crippen LogP contribution in [0.1, 0.15) is 53.3 Å². The zero-order valence-electron chi connectivity index (χ0n) is 13.9. The molecule has 0 saturated carbocycles. The first-order valence-electron chi connectivity index (χ1n) is 7.87. The van der Waals surface area contributed by atoms with Gasteiger partial charge in [-0.1, -0.05) is 27.7 Å². The number of hydrogen-bond acceptors (Lipinski definition) is 4. The number of aromatic nitrogens is 2. The summed E-state index contributed by atoms with van der Waals surface area (Å²) in [5.41, 5.74) is 0. The molecule has 0 atom stereocenters. The van der Waals surface area contributed by atoms with Gasteiger partial charge in [0.15, 0.2) is 0 Å². The molecular weight excluding hydrogens is 248 g/mol. The number of hydrogen-bond donors (Lipinski definition) is 1. The second-order valence-corrected chi connectivity index (χ2v) is 5.71. The molecular formula is C16H30N4. The number of aryl methyl sites for hydroxylation is 1. The highest BCUT2D eigenvalue weighted by atomic mass is 15.2. The molecule has 1 N–H and O–H groups in total.